The summed E-state index contributed by atoms with van der Waals surface area (Å²) >= 11 is 3.36. The Balaban J connectivity index is 2.02. The summed E-state index contributed by atoms with van der Waals surface area (Å²) < 4.78 is 6.57. The Morgan fingerprint density at radius 3 is 2.42 bits per heavy atom. The molecule has 1 heterocycles. The molecule has 3 rings (SSSR count). The van der Waals surface area contributed by atoms with Crippen LogP contribution < -0.4 is 5.73 Å². The number of anilines is 1. The molecule has 0 aliphatic rings. The zero-order valence-electron chi connectivity index (χ0n) is 9.88. The predicted molar refractivity (Wildman–Crippen MR) is 77.3 cm³/mol. The monoisotopic (exact) mass is 315 g/mol. The van der Waals surface area contributed by atoms with Crippen LogP contribution in [0.5, 0.6) is 0 Å². The molecule has 2 N–H and O–H groups in total. The number of rotatable bonds is 2. The molecule has 3 aromatic rings. The van der Waals surface area contributed by atoms with Crippen LogP contribution in [0.2, 0.25) is 0 Å². The lowest BCUT2D eigenvalue weighted by atomic mass is 10.2. The molecule has 0 radical (unpaired) electrons. The van der Waals surface area contributed by atoms with Crippen molar-refractivity contribution in [3.8, 4) is 22.9 Å². The van der Waals surface area contributed by atoms with Crippen molar-refractivity contribution in [2.45, 2.75) is 0 Å². The Labute approximate surface area is 118 Å². The quantitative estimate of drug-likeness (QED) is 0.731. The molecule has 0 saturated carbocycles. The Bertz CT molecular complexity index is 710. The third kappa shape index (κ3) is 2.37. The average molecular weight is 316 g/mol. The van der Waals surface area contributed by atoms with Crippen molar-refractivity contribution in [1.82, 2.24) is 10.2 Å². The molecule has 0 bridgehead atoms. The summed E-state index contributed by atoms with van der Waals surface area (Å²) in [5.74, 6) is 0.904. The lowest BCUT2D eigenvalue weighted by Gasteiger charge is -2.00. The number of halogens is 1. The second kappa shape index (κ2) is 4.85. The number of benzene rings is 2. The largest absolute Gasteiger partial charge is 0.416 e. The second-order valence-electron chi connectivity index (χ2n) is 4.01. The van der Waals surface area contributed by atoms with Gasteiger partial charge in [-0.2, -0.15) is 0 Å². The predicted octanol–water partition coefficient (Wildman–Crippen LogP) is 3.75. The number of nitrogens with zero attached hydrogens (tertiary/aromatic N) is 2. The van der Waals surface area contributed by atoms with E-state index in [2.05, 4.69) is 26.1 Å². The summed E-state index contributed by atoms with van der Waals surface area (Å²) in [6.45, 7) is 0. The van der Waals surface area contributed by atoms with E-state index in [0.717, 1.165) is 15.6 Å². The summed E-state index contributed by atoms with van der Waals surface area (Å²) in [6.07, 6.45) is 0. The summed E-state index contributed by atoms with van der Waals surface area (Å²) in [5, 5.41) is 8.08. The van der Waals surface area contributed by atoms with E-state index in [-0.39, 0.29) is 0 Å². The van der Waals surface area contributed by atoms with Crippen molar-refractivity contribution in [2.75, 3.05) is 5.73 Å². The minimum atomic E-state index is 0.420. The van der Waals surface area contributed by atoms with E-state index < -0.39 is 0 Å². The SMILES string of the molecule is Nc1cc(Br)ccc1-c1nnc(-c2ccccc2)o1. The van der Waals surface area contributed by atoms with Gasteiger partial charge < -0.3 is 10.2 Å². The molecule has 19 heavy (non-hydrogen) atoms. The Morgan fingerprint density at radius 1 is 0.947 bits per heavy atom. The molecule has 94 valence electrons. The van der Waals surface area contributed by atoms with E-state index in [1.165, 1.54) is 0 Å². The highest BCUT2D eigenvalue weighted by Crippen LogP contribution is 2.29. The molecule has 0 atom stereocenters. The van der Waals surface area contributed by atoms with Gasteiger partial charge in [0.1, 0.15) is 0 Å². The van der Waals surface area contributed by atoms with Crippen molar-refractivity contribution < 1.29 is 4.42 Å². The van der Waals surface area contributed by atoms with E-state index in [1.54, 1.807) is 0 Å². The normalized spacial score (nSPS) is 10.6. The number of nitrogen functional groups attached to an aromatic ring is 1. The molecule has 0 saturated heterocycles. The Kier molecular flexibility index (Phi) is 3.05. The van der Waals surface area contributed by atoms with E-state index in [4.69, 9.17) is 10.2 Å². The minimum Gasteiger partial charge on any atom is -0.416 e. The molecule has 0 unspecified atom stereocenters. The van der Waals surface area contributed by atoms with E-state index >= 15 is 0 Å². The van der Waals surface area contributed by atoms with Crippen LogP contribution in [0.25, 0.3) is 22.9 Å². The van der Waals surface area contributed by atoms with Crippen molar-refractivity contribution in [1.29, 1.82) is 0 Å². The van der Waals surface area contributed by atoms with E-state index in [1.807, 2.05) is 48.5 Å². The van der Waals surface area contributed by atoms with Gasteiger partial charge in [0.2, 0.25) is 11.8 Å². The molecule has 0 spiro atoms. The lowest BCUT2D eigenvalue weighted by Crippen LogP contribution is -1.89. The number of hydrogen-bond acceptors (Lipinski definition) is 4. The van der Waals surface area contributed by atoms with E-state index in [0.29, 0.717) is 17.5 Å². The van der Waals surface area contributed by atoms with Crippen LogP contribution in [0, 0.1) is 0 Å². The first kappa shape index (κ1) is 11.9. The van der Waals surface area contributed by atoms with Crippen LogP contribution in [0.3, 0.4) is 0 Å². The number of aromatic nitrogens is 2. The molecule has 0 amide bonds. The highest BCUT2D eigenvalue weighted by atomic mass is 79.9. The van der Waals surface area contributed by atoms with Crippen LogP contribution in [-0.2, 0) is 0 Å². The fourth-order valence-corrected chi connectivity index (χ4v) is 2.14. The average Bonchev–Trinajstić information content (AvgIpc) is 2.89. The highest BCUT2D eigenvalue weighted by molar-refractivity contribution is 9.10. The van der Waals surface area contributed by atoms with Crippen LogP contribution in [0.1, 0.15) is 0 Å². The van der Waals surface area contributed by atoms with E-state index in [9.17, 15) is 0 Å². The summed E-state index contributed by atoms with van der Waals surface area (Å²) in [7, 11) is 0. The first-order chi connectivity index (χ1) is 9.24. The second-order valence-corrected chi connectivity index (χ2v) is 4.93. The first-order valence-electron chi connectivity index (χ1n) is 5.68. The molecule has 4 nitrogen and oxygen atoms in total. The van der Waals surface area contributed by atoms with Gasteiger partial charge in [-0.3, -0.25) is 0 Å². The fraction of sp³-hybridized carbons (Fsp3) is 0. The van der Waals surface area contributed by atoms with Crippen molar-refractivity contribution >= 4 is 21.6 Å². The molecule has 5 heteroatoms. The minimum absolute atomic E-state index is 0.420. The topological polar surface area (TPSA) is 64.9 Å². The first-order valence-corrected chi connectivity index (χ1v) is 6.47. The third-order valence-electron chi connectivity index (χ3n) is 2.69. The third-order valence-corrected chi connectivity index (χ3v) is 3.18. The van der Waals surface area contributed by atoms with Gasteiger partial charge in [0, 0.05) is 15.7 Å². The zero-order valence-corrected chi connectivity index (χ0v) is 11.5. The molecule has 1 aromatic heterocycles. The molecule has 0 fully saturated rings. The maximum atomic E-state index is 5.94. The zero-order chi connectivity index (χ0) is 13.2. The molecule has 0 aliphatic heterocycles. The standard InChI is InChI=1S/C14H10BrN3O/c15-10-6-7-11(12(16)8-10)14-18-17-13(19-14)9-4-2-1-3-5-9/h1-8H,16H2. The molecule has 2 aromatic carbocycles. The van der Waals surface area contributed by atoms with Gasteiger partial charge in [0.05, 0.1) is 5.56 Å². The smallest absolute Gasteiger partial charge is 0.250 e. The van der Waals surface area contributed by atoms with Gasteiger partial charge in [-0.25, -0.2) is 0 Å². The van der Waals surface area contributed by atoms with Crippen molar-refractivity contribution in [3.05, 3.63) is 53.0 Å². The summed E-state index contributed by atoms with van der Waals surface area (Å²) in [4.78, 5) is 0. The van der Waals surface area contributed by atoms with Crippen molar-refractivity contribution in [3.63, 3.8) is 0 Å². The maximum absolute atomic E-state index is 5.94. The van der Waals surface area contributed by atoms with Gasteiger partial charge in [-0.05, 0) is 30.3 Å². The van der Waals surface area contributed by atoms with Crippen LogP contribution in [0.15, 0.2) is 57.4 Å². The van der Waals surface area contributed by atoms with Crippen molar-refractivity contribution in [2.24, 2.45) is 0 Å². The highest BCUT2D eigenvalue weighted by Gasteiger charge is 2.12. The number of hydrogen-bond donors (Lipinski definition) is 1. The van der Waals surface area contributed by atoms with Gasteiger partial charge in [-0.1, -0.05) is 34.1 Å². The van der Waals surface area contributed by atoms with Gasteiger partial charge in [0.15, 0.2) is 0 Å². The summed E-state index contributed by atoms with van der Waals surface area (Å²) in [6, 6.07) is 15.2. The van der Waals surface area contributed by atoms with Gasteiger partial charge in [-0.15, -0.1) is 10.2 Å². The molecule has 0 aliphatic carbocycles. The van der Waals surface area contributed by atoms with Crippen LogP contribution >= 0.6 is 15.9 Å². The lowest BCUT2D eigenvalue weighted by molar-refractivity contribution is 0.585. The Hall–Kier alpha value is -2.14. The molecular formula is C14H10BrN3O. The van der Waals surface area contributed by atoms with Gasteiger partial charge in [0.25, 0.3) is 0 Å². The van der Waals surface area contributed by atoms with Crippen LogP contribution in [0.4, 0.5) is 5.69 Å². The Morgan fingerprint density at radius 2 is 1.68 bits per heavy atom. The maximum Gasteiger partial charge on any atom is 0.250 e. The summed E-state index contributed by atoms with van der Waals surface area (Å²) in [5.41, 5.74) is 8.16. The van der Waals surface area contributed by atoms with Gasteiger partial charge >= 0.3 is 0 Å². The fourth-order valence-electron chi connectivity index (χ4n) is 1.76. The molecular weight excluding hydrogens is 306 g/mol. The number of nitrogens with two attached hydrogens (primary N) is 1. The van der Waals surface area contributed by atoms with Crippen LogP contribution in [-0.4, -0.2) is 10.2 Å².